The minimum Gasteiger partial charge on any atom is -0.315 e. The molecule has 1 aliphatic rings. The molecule has 2 heterocycles. The summed E-state index contributed by atoms with van der Waals surface area (Å²) in [5.74, 6) is 0. The van der Waals surface area contributed by atoms with Crippen molar-refractivity contribution in [1.82, 2.24) is 10.3 Å². The number of rotatable bonds is 1. The van der Waals surface area contributed by atoms with E-state index in [2.05, 4.69) is 10.3 Å². The lowest BCUT2D eigenvalue weighted by Crippen LogP contribution is -2.44. The van der Waals surface area contributed by atoms with Gasteiger partial charge in [0, 0.05) is 6.54 Å². The summed E-state index contributed by atoms with van der Waals surface area (Å²) < 4.78 is 41.1. The first-order chi connectivity index (χ1) is 8.92. The van der Waals surface area contributed by atoms with Gasteiger partial charge in [0.15, 0.2) is 0 Å². The highest BCUT2D eigenvalue weighted by molar-refractivity contribution is 7.18. The molecule has 19 heavy (non-hydrogen) atoms. The van der Waals surface area contributed by atoms with E-state index >= 15 is 0 Å². The minimum absolute atomic E-state index is 0.0648. The Labute approximate surface area is 112 Å². The van der Waals surface area contributed by atoms with Crippen LogP contribution in [-0.4, -0.2) is 24.2 Å². The van der Waals surface area contributed by atoms with Crippen LogP contribution in [0.25, 0.3) is 10.2 Å². The number of fused-ring (bicyclic) bond motifs is 1. The molecule has 0 aliphatic carbocycles. The molecule has 1 aromatic carbocycles. The first-order valence-electron chi connectivity index (χ1n) is 6.07. The number of nitrogens with zero attached hydrogens (tertiary/aromatic N) is 1. The summed E-state index contributed by atoms with van der Waals surface area (Å²) in [4.78, 5) is 4.23. The quantitative estimate of drug-likeness (QED) is 0.869. The van der Waals surface area contributed by atoms with Gasteiger partial charge in [-0.3, -0.25) is 0 Å². The van der Waals surface area contributed by atoms with Gasteiger partial charge in [0.1, 0.15) is 10.4 Å². The van der Waals surface area contributed by atoms with Crippen LogP contribution in [-0.2, 0) is 5.41 Å². The number of nitrogens with one attached hydrogen (secondary N) is 1. The predicted octanol–water partition coefficient (Wildman–Crippen LogP) is 3.40. The Morgan fingerprint density at radius 1 is 1.37 bits per heavy atom. The zero-order valence-electron chi connectivity index (χ0n) is 10.3. The summed E-state index contributed by atoms with van der Waals surface area (Å²) >= 11 is 1.16. The highest BCUT2D eigenvalue weighted by Gasteiger charge is 2.59. The second-order valence-electron chi connectivity index (χ2n) is 5.00. The Morgan fingerprint density at radius 2 is 2.16 bits per heavy atom. The molecule has 3 rings (SSSR count). The van der Waals surface area contributed by atoms with Gasteiger partial charge in [-0.2, -0.15) is 13.2 Å². The van der Waals surface area contributed by atoms with Gasteiger partial charge in [0.25, 0.3) is 0 Å². The number of thiazole rings is 1. The number of halogens is 3. The van der Waals surface area contributed by atoms with Crippen LogP contribution in [0.3, 0.4) is 0 Å². The molecule has 1 aliphatic heterocycles. The molecule has 1 saturated heterocycles. The molecule has 0 bridgehead atoms. The number of alkyl halides is 3. The van der Waals surface area contributed by atoms with Gasteiger partial charge in [-0.1, -0.05) is 6.07 Å². The van der Waals surface area contributed by atoms with Gasteiger partial charge >= 0.3 is 6.18 Å². The van der Waals surface area contributed by atoms with Crippen LogP contribution < -0.4 is 5.32 Å². The van der Waals surface area contributed by atoms with Crippen LogP contribution in [0.4, 0.5) is 13.2 Å². The van der Waals surface area contributed by atoms with Gasteiger partial charge in [-0.25, -0.2) is 4.98 Å². The maximum absolute atomic E-state index is 13.4. The normalized spacial score (nSPS) is 24.2. The lowest BCUT2D eigenvalue weighted by Gasteiger charge is -2.28. The average molecular weight is 286 g/mol. The number of aryl methyl sites for hydroxylation is 1. The molecule has 1 N–H and O–H groups in total. The molecule has 1 aromatic heterocycles. The fourth-order valence-electron chi connectivity index (χ4n) is 2.47. The van der Waals surface area contributed by atoms with Crippen LogP contribution in [0.1, 0.15) is 17.0 Å². The summed E-state index contributed by atoms with van der Waals surface area (Å²) in [5, 5.41) is 3.01. The third-order valence-corrected chi connectivity index (χ3v) is 4.87. The molecule has 1 atom stereocenters. The second kappa shape index (κ2) is 4.18. The zero-order chi connectivity index (χ0) is 13.7. The lowest BCUT2D eigenvalue weighted by molar-refractivity contribution is -0.184. The summed E-state index contributed by atoms with van der Waals surface area (Å²) in [5.41, 5.74) is -0.126. The number of benzene rings is 1. The van der Waals surface area contributed by atoms with Crippen molar-refractivity contribution < 1.29 is 13.2 Å². The Kier molecular flexibility index (Phi) is 2.83. The lowest BCUT2D eigenvalue weighted by atomic mass is 9.87. The summed E-state index contributed by atoms with van der Waals surface area (Å²) in [7, 11) is 0. The van der Waals surface area contributed by atoms with E-state index in [4.69, 9.17) is 0 Å². The fourth-order valence-corrected chi connectivity index (χ4v) is 3.77. The van der Waals surface area contributed by atoms with E-state index < -0.39 is 11.6 Å². The summed E-state index contributed by atoms with van der Waals surface area (Å²) in [6.45, 7) is 2.24. The molecule has 2 nitrogen and oxygen atoms in total. The van der Waals surface area contributed by atoms with E-state index in [1.54, 1.807) is 6.07 Å². The Bertz CT molecular complexity index is 612. The highest BCUT2D eigenvalue weighted by Crippen LogP contribution is 2.47. The zero-order valence-corrected chi connectivity index (χ0v) is 11.2. The Morgan fingerprint density at radius 3 is 2.79 bits per heavy atom. The standard InChI is InChI=1S/C13H13F3N2S/c1-8-2-3-9-10(6-8)19-11(18-9)12(13(14,15)16)4-5-17-7-12/h2-3,6,17H,4-5,7H2,1H3. The molecule has 0 saturated carbocycles. The minimum atomic E-state index is -4.26. The Hall–Kier alpha value is -1.14. The highest BCUT2D eigenvalue weighted by atomic mass is 32.1. The van der Waals surface area contributed by atoms with E-state index in [1.165, 1.54) is 0 Å². The molecule has 0 spiro atoms. The van der Waals surface area contributed by atoms with Gasteiger partial charge in [-0.15, -0.1) is 11.3 Å². The van der Waals surface area contributed by atoms with Crippen molar-refractivity contribution in [3.8, 4) is 0 Å². The maximum Gasteiger partial charge on any atom is 0.402 e. The van der Waals surface area contributed by atoms with Crippen molar-refractivity contribution in [2.45, 2.75) is 24.9 Å². The van der Waals surface area contributed by atoms with Crippen LogP contribution in [0.2, 0.25) is 0 Å². The third kappa shape index (κ3) is 1.94. The van der Waals surface area contributed by atoms with E-state index in [-0.39, 0.29) is 18.0 Å². The van der Waals surface area contributed by atoms with Crippen LogP contribution in [0, 0.1) is 6.92 Å². The predicted molar refractivity (Wildman–Crippen MR) is 69.6 cm³/mol. The topological polar surface area (TPSA) is 24.9 Å². The first-order valence-corrected chi connectivity index (χ1v) is 6.89. The molecule has 0 radical (unpaired) electrons. The van der Waals surface area contributed by atoms with E-state index in [9.17, 15) is 13.2 Å². The monoisotopic (exact) mass is 286 g/mol. The summed E-state index contributed by atoms with van der Waals surface area (Å²) in [6.07, 6.45) is -4.20. The SMILES string of the molecule is Cc1ccc2nc(C3(C(F)(F)F)CCNC3)sc2c1. The molecule has 102 valence electrons. The molecular formula is C13H13F3N2S. The van der Waals surface area contributed by atoms with Gasteiger partial charge < -0.3 is 5.32 Å². The van der Waals surface area contributed by atoms with Crippen molar-refractivity contribution in [2.24, 2.45) is 0 Å². The van der Waals surface area contributed by atoms with Gasteiger partial charge in [-0.05, 0) is 37.6 Å². The van der Waals surface area contributed by atoms with Crippen LogP contribution in [0.5, 0.6) is 0 Å². The van der Waals surface area contributed by atoms with E-state index in [0.29, 0.717) is 12.1 Å². The van der Waals surface area contributed by atoms with Crippen molar-refractivity contribution in [3.63, 3.8) is 0 Å². The number of hydrogen-bond acceptors (Lipinski definition) is 3. The van der Waals surface area contributed by atoms with Crippen LogP contribution >= 0.6 is 11.3 Å². The van der Waals surface area contributed by atoms with E-state index in [0.717, 1.165) is 21.6 Å². The first kappa shape index (κ1) is 12.9. The fraction of sp³-hybridized carbons (Fsp3) is 0.462. The smallest absolute Gasteiger partial charge is 0.315 e. The molecule has 0 amide bonds. The largest absolute Gasteiger partial charge is 0.402 e. The van der Waals surface area contributed by atoms with E-state index in [1.807, 2.05) is 19.1 Å². The average Bonchev–Trinajstić information content (AvgIpc) is 2.93. The van der Waals surface area contributed by atoms with Crippen molar-refractivity contribution >= 4 is 21.6 Å². The summed E-state index contributed by atoms with van der Waals surface area (Å²) in [6, 6.07) is 5.55. The van der Waals surface area contributed by atoms with Gasteiger partial charge in [0.05, 0.1) is 10.2 Å². The van der Waals surface area contributed by atoms with Crippen molar-refractivity contribution in [3.05, 3.63) is 28.8 Å². The molecule has 1 unspecified atom stereocenters. The van der Waals surface area contributed by atoms with Gasteiger partial charge in [0.2, 0.25) is 0 Å². The number of aromatic nitrogens is 1. The number of hydrogen-bond donors (Lipinski definition) is 1. The molecular weight excluding hydrogens is 273 g/mol. The molecule has 6 heteroatoms. The molecule has 2 aromatic rings. The molecule has 1 fully saturated rings. The Balaban J connectivity index is 2.16. The maximum atomic E-state index is 13.4. The third-order valence-electron chi connectivity index (χ3n) is 3.65. The van der Waals surface area contributed by atoms with Crippen LogP contribution in [0.15, 0.2) is 18.2 Å². The second-order valence-corrected chi connectivity index (χ2v) is 6.03. The van der Waals surface area contributed by atoms with Crippen molar-refractivity contribution in [2.75, 3.05) is 13.1 Å². The van der Waals surface area contributed by atoms with Crippen molar-refractivity contribution in [1.29, 1.82) is 0 Å².